The third-order valence-electron chi connectivity index (χ3n) is 3.75. The number of hydrogen-bond donors (Lipinski definition) is 2. The highest BCUT2D eigenvalue weighted by Gasteiger charge is 2.29. The SMILES string of the molecule is CCCNC(C)(C#N)CN1CCC(CC(N)=O)CC1. The molecule has 0 aromatic rings. The Morgan fingerprint density at radius 3 is 2.63 bits per heavy atom. The van der Waals surface area contributed by atoms with E-state index in [4.69, 9.17) is 5.73 Å². The van der Waals surface area contributed by atoms with E-state index in [0.29, 0.717) is 12.3 Å². The summed E-state index contributed by atoms with van der Waals surface area (Å²) in [5, 5.41) is 12.6. The van der Waals surface area contributed by atoms with Crippen LogP contribution >= 0.6 is 0 Å². The van der Waals surface area contributed by atoms with Gasteiger partial charge in [0.1, 0.15) is 5.54 Å². The number of carbonyl (C=O) groups excluding carboxylic acids is 1. The second-order valence-corrected chi connectivity index (χ2v) is 5.76. The first-order valence-corrected chi connectivity index (χ1v) is 7.16. The number of nitrogens with two attached hydrogens (primary N) is 1. The van der Waals surface area contributed by atoms with E-state index in [0.717, 1.165) is 45.4 Å². The number of carbonyl (C=O) groups is 1. The highest BCUT2D eigenvalue weighted by molar-refractivity contribution is 5.73. The molecule has 1 heterocycles. The van der Waals surface area contributed by atoms with Crippen molar-refractivity contribution in [2.24, 2.45) is 11.7 Å². The summed E-state index contributed by atoms with van der Waals surface area (Å²) in [4.78, 5) is 13.2. The van der Waals surface area contributed by atoms with Crippen molar-refractivity contribution in [2.45, 2.75) is 45.1 Å². The number of hydrogen-bond acceptors (Lipinski definition) is 4. The van der Waals surface area contributed by atoms with Crippen molar-refractivity contribution in [3.63, 3.8) is 0 Å². The lowest BCUT2D eigenvalue weighted by atomic mass is 9.92. The number of rotatable bonds is 7. The Hall–Kier alpha value is -1.12. The van der Waals surface area contributed by atoms with Gasteiger partial charge in [-0.25, -0.2) is 0 Å². The Labute approximate surface area is 116 Å². The van der Waals surface area contributed by atoms with Gasteiger partial charge in [-0.15, -0.1) is 0 Å². The van der Waals surface area contributed by atoms with Gasteiger partial charge in [0.25, 0.3) is 0 Å². The van der Waals surface area contributed by atoms with E-state index in [1.165, 1.54) is 0 Å². The average Bonchev–Trinajstić information content (AvgIpc) is 2.38. The lowest BCUT2D eigenvalue weighted by molar-refractivity contribution is -0.119. The van der Waals surface area contributed by atoms with Crippen molar-refractivity contribution >= 4 is 5.91 Å². The van der Waals surface area contributed by atoms with Crippen molar-refractivity contribution in [2.75, 3.05) is 26.2 Å². The largest absolute Gasteiger partial charge is 0.370 e. The Kier molecular flexibility index (Phi) is 6.26. The van der Waals surface area contributed by atoms with Gasteiger partial charge in [0.2, 0.25) is 5.91 Å². The lowest BCUT2D eigenvalue weighted by Gasteiger charge is -2.36. The van der Waals surface area contributed by atoms with Crippen LogP contribution in [0.15, 0.2) is 0 Å². The number of likely N-dealkylation sites (tertiary alicyclic amines) is 1. The molecule has 5 nitrogen and oxygen atoms in total. The lowest BCUT2D eigenvalue weighted by Crippen LogP contribution is -2.52. The van der Waals surface area contributed by atoms with Crippen LogP contribution in [0.1, 0.15) is 39.5 Å². The minimum absolute atomic E-state index is 0.204. The topological polar surface area (TPSA) is 82.2 Å². The molecule has 1 atom stereocenters. The normalized spacial score (nSPS) is 20.7. The predicted octanol–water partition coefficient (Wildman–Crippen LogP) is 0.856. The second-order valence-electron chi connectivity index (χ2n) is 5.76. The molecule has 1 saturated heterocycles. The van der Waals surface area contributed by atoms with Crippen LogP contribution < -0.4 is 11.1 Å². The van der Waals surface area contributed by atoms with E-state index in [2.05, 4.69) is 23.2 Å². The van der Waals surface area contributed by atoms with Gasteiger partial charge in [-0.1, -0.05) is 6.92 Å². The molecule has 1 aliphatic heterocycles. The number of nitrogens with zero attached hydrogens (tertiary/aromatic N) is 2. The summed E-state index contributed by atoms with van der Waals surface area (Å²) < 4.78 is 0. The van der Waals surface area contributed by atoms with Crippen LogP contribution in [0.25, 0.3) is 0 Å². The first-order chi connectivity index (χ1) is 8.99. The monoisotopic (exact) mass is 266 g/mol. The summed E-state index contributed by atoms with van der Waals surface area (Å²) in [6.07, 6.45) is 3.52. The first-order valence-electron chi connectivity index (χ1n) is 7.16. The first kappa shape index (κ1) is 15.9. The van der Waals surface area contributed by atoms with Crippen molar-refractivity contribution < 1.29 is 4.79 Å². The quantitative estimate of drug-likeness (QED) is 0.716. The van der Waals surface area contributed by atoms with Crippen LogP contribution in [-0.4, -0.2) is 42.5 Å². The average molecular weight is 266 g/mol. The molecule has 0 saturated carbocycles. The zero-order chi connectivity index (χ0) is 14.3. The zero-order valence-corrected chi connectivity index (χ0v) is 12.1. The van der Waals surface area contributed by atoms with Gasteiger partial charge in [-0.05, 0) is 51.7 Å². The Morgan fingerprint density at radius 1 is 1.53 bits per heavy atom. The molecule has 3 N–H and O–H groups in total. The molecule has 5 heteroatoms. The van der Waals surface area contributed by atoms with Gasteiger partial charge >= 0.3 is 0 Å². The molecular weight excluding hydrogens is 240 g/mol. The minimum atomic E-state index is -0.480. The molecule has 19 heavy (non-hydrogen) atoms. The van der Waals surface area contributed by atoms with Gasteiger partial charge in [0, 0.05) is 13.0 Å². The summed E-state index contributed by atoms with van der Waals surface area (Å²) >= 11 is 0. The molecule has 0 spiro atoms. The van der Waals surface area contributed by atoms with E-state index in [9.17, 15) is 10.1 Å². The van der Waals surface area contributed by atoms with Crippen LogP contribution in [0.3, 0.4) is 0 Å². The van der Waals surface area contributed by atoms with Crippen molar-refractivity contribution in [3.8, 4) is 6.07 Å². The van der Waals surface area contributed by atoms with E-state index in [1.54, 1.807) is 0 Å². The molecule has 108 valence electrons. The number of piperidine rings is 1. The maximum atomic E-state index is 10.9. The van der Waals surface area contributed by atoms with Crippen LogP contribution in [-0.2, 0) is 4.79 Å². The number of nitriles is 1. The second kappa shape index (κ2) is 7.46. The van der Waals surface area contributed by atoms with Gasteiger partial charge in [-0.3, -0.25) is 10.1 Å². The summed E-state index contributed by atoms with van der Waals surface area (Å²) in [5.41, 5.74) is 4.75. The molecule has 0 bridgehead atoms. The van der Waals surface area contributed by atoms with Gasteiger partial charge < -0.3 is 10.6 Å². The maximum Gasteiger partial charge on any atom is 0.217 e. The highest BCUT2D eigenvalue weighted by atomic mass is 16.1. The molecule has 1 fully saturated rings. The maximum absolute atomic E-state index is 10.9. The van der Waals surface area contributed by atoms with Crippen LogP contribution in [0, 0.1) is 17.2 Å². The van der Waals surface area contributed by atoms with Crippen LogP contribution in [0.5, 0.6) is 0 Å². The molecule has 0 aromatic heterocycles. The van der Waals surface area contributed by atoms with Crippen LogP contribution in [0.4, 0.5) is 0 Å². The van der Waals surface area contributed by atoms with Crippen molar-refractivity contribution in [1.29, 1.82) is 5.26 Å². The molecule has 1 aliphatic rings. The minimum Gasteiger partial charge on any atom is -0.370 e. The standard InChI is InChI=1S/C14H26N4O/c1-3-6-17-14(2,10-15)11-18-7-4-12(5-8-18)9-13(16)19/h12,17H,3-9,11H2,1-2H3,(H2,16,19). The van der Waals surface area contributed by atoms with Gasteiger partial charge in [0.05, 0.1) is 6.07 Å². The van der Waals surface area contributed by atoms with Crippen LogP contribution in [0.2, 0.25) is 0 Å². The third-order valence-corrected chi connectivity index (χ3v) is 3.75. The molecule has 0 aliphatic carbocycles. The smallest absolute Gasteiger partial charge is 0.217 e. The van der Waals surface area contributed by atoms with Gasteiger partial charge in [-0.2, -0.15) is 5.26 Å². The highest BCUT2D eigenvalue weighted by Crippen LogP contribution is 2.21. The third kappa shape index (κ3) is 5.58. The van der Waals surface area contributed by atoms with Gasteiger partial charge in [0.15, 0.2) is 0 Å². The zero-order valence-electron chi connectivity index (χ0n) is 12.1. The van der Waals surface area contributed by atoms with Crippen molar-refractivity contribution in [1.82, 2.24) is 10.2 Å². The van der Waals surface area contributed by atoms with E-state index in [-0.39, 0.29) is 5.91 Å². The fourth-order valence-corrected chi connectivity index (χ4v) is 2.61. The van der Waals surface area contributed by atoms with E-state index < -0.39 is 5.54 Å². The molecule has 0 aromatic carbocycles. The van der Waals surface area contributed by atoms with E-state index in [1.807, 2.05) is 6.92 Å². The summed E-state index contributed by atoms with van der Waals surface area (Å²) in [6, 6.07) is 2.38. The fraction of sp³-hybridized carbons (Fsp3) is 0.857. The molecule has 0 radical (unpaired) electrons. The summed E-state index contributed by atoms with van der Waals surface area (Å²) in [5.74, 6) is 0.218. The Bertz CT molecular complexity index is 331. The molecule has 1 unspecified atom stereocenters. The Balaban J connectivity index is 2.39. The molecular formula is C14H26N4O. The number of nitrogens with one attached hydrogen (secondary N) is 1. The van der Waals surface area contributed by atoms with E-state index >= 15 is 0 Å². The predicted molar refractivity (Wildman–Crippen MR) is 75.3 cm³/mol. The number of primary amides is 1. The molecule has 1 amide bonds. The van der Waals surface area contributed by atoms with Crippen molar-refractivity contribution in [3.05, 3.63) is 0 Å². The summed E-state index contributed by atoms with van der Waals surface area (Å²) in [7, 11) is 0. The summed E-state index contributed by atoms with van der Waals surface area (Å²) in [6.45, 7) is 7.55. The fourth-order valence-electron chi connectivity index (χ4n) is 2.61. The molecule has 1 rings (SSSR count). The number of amides is 1. The Morgan fingerprint density at radius 2 is 2.16 bits per heavy atom.